The Morgan fingerprint density at radius 2 is 1.78 bits per heavy atom. The summed E-state index contributed by atoms with van der Waals surface area (Å²) in [6.45, 7) is 4.43. The molecule has 1 aliphatic carbocycles. The normalized spacial score (nSPS) is 22.1. The van der Waals surface area contributed by atoms with Crippen molar-refractivity contribution in [3.05, 3.63) is 46.3 Å². The molecule has 0 radical (unpaired) electrons. The fourth-order valence-corrected chi connectivity index (χ4v) is 3.18. The first-order valence-corrected chi connectivity index (χ1v) is 6.92. The molecule has 0 fully saturated rings. The summed E-state index contributed by atoms with van der Waals surface area (Å²) in [6, 6.07) is 4.48. The Hall–Kier alpha value is -1.35. The molecule has 0 saturated carbocycles. The molecular formula is C15H18N2S. The lowest BCUT2D eigenvalue weighted by Gasteiger charge is -2.13. The molecule has 0 bridgehead atoms. The minimum atomic E-state index is 0.126. The topological polar surface area (TPSA) is 24.1 Å². The first-order chi connectivity index (χ1) is 8.69. The summed E-state index contributed by atoms with van der Waals surface area (Å²) in [5.74, 6) is 0.576. The first kappa shape index (κ1) is 11.7. The quantitative estimate of drug-likeness (QED) is 0.797. The van der Waals surface area contributed by atoms with Crippen molar-refractivity contribution in [2.75, 3.05) is 0 Å². The fourth-order valence-electron chi connectivity index (χ4n) is 3.03. The van der Waals surface area contributed by atoms with E-state index < -0.39 is 0 Å². The average molecular weight is 258 g/mol. The highest BCUT2D eigenvalue weighted by molar-refractivity contribution is 7.79. The van der Waals surface area contributed by atoms with Gasteiger partial charge in [0.25, 0.3) is 0 Å². The smallest absolute Gasteiger partial charge is 0.126 e. The molecule has 1 aromatic carbocycles. The van der Waals surface area contributed by atoms with Crippen molar-refractivity contribution in [3.63, 3.8) is 0 Å². The second kappa shape index (κ2) is 4.39. The maximum Gasteiger partial charge on any atom is 0.126 e. The predicted octanol–water partition coefficient (Wildman–Crippen LogP) is 2.38. The minimum absolute atomic E-state index is 0.126. The van der Waals surface area contributed by atoms with Gasteiger partial charge in [0, 0.05) is 23.2 Å². The van der Waals surface area contributed by atoms with Gasteiger partial charge >= 0.3 is 0 Å². The van der Waals surface area contributed by atoms with Gasteiger partial charge < -0.3 is 10.6 Å². The molecule has 0 saturated heterocycles. The number of nitrogens with one attached hydrogen (secondary N) is 2. The fraction of sp³-hybridized carbons (Fsp3) is 0.400. The lowest BCUT2D eigenvalue weighted by atomic mass is 10.0. The SMILES string of the molecule is Cc1ccc(C)c2c1CC(C1=CNC(C=S)N1)C2. The van der Waals surface area contributed by atoms with Crippen molar-refractivity contribution in [2.24, 2.45) is 5.92 Å². The van der Waals surface area contributed by atoms with E-state index in [1.54, 1.807) is 16.5 Å². The Labute approximate surface area is 113 Å². The summed E-state index contributed by atoms with van der Waals surface area (Å²) >= 11 is 4.97. The van der Waals surface area contributed by atoms with Crippen LogP contribution >= 0.6 is 12.2 Å². The van der Waals surface area contributed by atoms with Gasteiger partial charge in [-0.05, 0) is 48.9 Å². The molecule has 2 aliphatic rings. The molecule has 1 aliphatic heterocycles. The highest BCUT2D eigenvalue weighted by Gasteiger charge is 2.29. The van der Waals surface area contributed by atoms with Gasteiger partial charge in [0.2, 0.25) is 0 Å². The summed E-state index contributed by atoms with van der Waals surface area (Å²) in [5, 5.41) is 8.44. The number of fused-ring (bicyclic) bond motifs is 1. The Morgan fingerprint density at radius 1 is 1.17 bits per heavy atom. The second-order valence-corrected chi connectivity index (χ2v) is 5.56. The van der Waals surface area contributed by atoms with Gasteiger partial charge in [0.1, 0.15) is 6.17 Å². The summed E-state index contributed by atoms with van der Waals surface area (Å²) in [6.07, 6.45) is 4.51. The number of hydrogen-bond acceptors (Lipinski definition) is 3. The van der Waals surface area contributed by atoms with Crippen molar-refractivity contribution in [3.8, 4) is 0 Å². The zero-order valence-electron chi connectivity index (χ0n) is 10.8. The Kier molecular flexibility index (Phi) is 2.86. The Morgan fingerprint density at radius 3 is 2.28 bits per heavy atom. The van der Waals surface area contributed by atoms with Crippen molar-refractivity contribution in [1.29, 1.82) is 0 Å². The van der Waals surface area contributed by atoms with Crippen LogP contribution in [0.3, 0.4) is 0 Å². The standard InChI is InChI=1S/C15H18N2S/c1-9-3-4-10(2)13-6-11(5-12(9)13)14-7-16-15(8-18)17-14/h3-4,7-8,11,15-17H,5-6H2,1-2H3. The van der Waals surface area contributed by atoms with Crippen LogP contribution in [0.5, 0.6) is 0 Å². The zero-order valence-corrected chi connectivity index (χ0v) is 11.6. The molecule has 1 unspecified atom stereocenters. The molecule has 94 valence electrons. The molecule has 18 heavy (non-hydrogen) atoms. The first-order valence-electron chi connectivity index (χ1n) is 6.45. The third-order valence-corrected chi connectivity index (χ3v) is 4.39. The summed E-state index contributed by atoms with van der Waals surface area (Å²) in [4.78, 5) is 0. The number of benzene rings is 1. The molecule has 0 amide bonds. The van der Waals surface area contributed by atoms with E-state index in [-0.39, 0.29) is 6.17 Å². The van der Waals surface area contributed by atoms with Crippen molar-refractivity contribution in [2.45, 2.75) is 32.9 Å². The van der Waals surface area contributed by atoms with Crippen LogP contribution in [0, 0.1) is 19.8 Å². The van der Waals surface area contributed by atoms with Crippen LogP contribution in [-0.4, -0.2) is 11.5 Å². The highest BCUT2D eigenvalue weighted by Crippen LogP contribution is 2.35. The Bertz CT molecular complexity index is 503. The van der Waals surface area contributed by atoms with Gasteiger partial charge in [0.05, 0.1) is 0 Å². The zero-order chi connectivity index (χ0) is 12.7. The molecule has 3 rings (SSSR count). The van der Waals surface area contributed by atoms with Crippen LogP contribution in [0.2, 0.25) is 0 Å². The van der Waals surface area contributed by atoms with Gasteiger partial charge in [-0.15, -0.1) is 0 Å². The summed E-state index contributed by atoms with van der Waals surface area (Å²) < 4.78 is 0. The number of aryl methyl sites for hydroxylation is 2. The molecule has 2 N–H and O–H groups in total. The maximum atomic E-state index is 4.97. The van der Waals surface area contributed by atoms with Crippen LogP contribution in [0.1, 0.15) is 22.3 Å². The van der Waals surface area contributed by atoms with E-state index in [2.05, 4.69) is 42.8 Å². The number of thiocarbonyl (C=S) groups is 1. The largest absolute Gasteiger partial charge is 0.366 e. The van der Waals surface area contributed by atoms with Gasteiger partial charge in [-0.25, -0.2) is 0 Å². The van der Waals surface area contributed by atoms with E-state index in [1.807, 2.05) is 0 Å². The van der Waals surface area contributed by atoms with Gasteiger partial charge in [-0.2, -0.15) is 0 Å². The molecule has 1 atom stereocenters. The van der Waals surface area contributed by atoms with Crippen LogP contribution in [0.25, 0.3) is 0 Å². The number of rotatable bonds is 2. The van der Waals surface area contributed by atoms with Crippen LogP contribution < -0.4 is 10.6 Å². The van der Waals surface area contributed by atoms with E-state index >= 15 is 0 Å². The van der Waals surface area contributed by atoms with Crippen LogP contribution in [0.15, 0.2) is 24.0 Å². The highest BCUT2D eigenvalue weighted by atomic mass is 32.1. The summed E-state index contributed by atoms with van der Waals surface area (Å²) in [7, 11) is 0. The molecule has 0 aromatic heterocycles. The van der Waals surface area contributed by atoms with Crippen molar-refractivity contribution < 1.29 is 0 Å². The number of allylic oxidation sites excluding steroid dienone is 1. The van der Waals surface area contributed by atoms with E-state index in [1.165, 1.54) is 16.8 Å². The van der Waals surface area contributed by atoms with E-state index in [4.69, 9.17) is 12.2 Å². The predicted molar refractivity (Wildman–Crippen MR) is 78.6 cm³/mol. The maximum absolute atomic E-state index is 4.97. The lowest BCUT2D eigenvalue weighted by molar-refractivity contribution is 0.591. The van der Waals surface area contributed by atoms with E-state index in [0.29, 0.717) is 5.92 Å². The van der Waals surface area contributed by atoms with Crippen LogP contribution in [0.4, 0.5) is 0 Å². The third kappa shape index (κ3) is 1.83. The third-order valence-electron chi connectivity index (χ3n) is 4.12. The van der Waals surface area contributed by atoms with E-state index in [0.717, 1.165) is 12.8 Å². The van der Waals surface area contributed by atoms with Gasteiger partial charge in [-0.1, -0.05) is 24.4 Å². The molecule has 3 heteroatoms. The monoisotopic (exact) mass is 258 g/mol. The average Bonchev–Trinajstić information content (AvgIpc) is 2.99. The lowest BCUT2D eigenvalue weighted by Crippen LogP contribution is -2.34. The molecule has 2 nitrogen and oxygen atoms in total. The number of hydrogen-bond donors (Lipinski definition) is 2. The van der Waals surface area contributed by atoms with Gasteiger partial charge in [-0.3, -0.25) is 0 Å². The molecular weight excluding hydrogens is 240 g/mol. The van der Waals surface area contributed by atoms with Crippen LogP contribution in [-0.2, 0) is 12.8 Å². The second-order valence-electron chi connectivity index (χ2n) is 5.29. The van der Waals surface area contributed by atoms with Gasteiger partial charge in [0.15, 0.2) is 0 Å². The van der Waals surface area contributed by atoms with E-state index in [9.17, 15) is 0 Å². The molecule has 1 heterocycles. The summed E-state index contributed by atoms with van der Waals surface area (Å²) in [5.41, 5.74) is 7.25. The molecule has 1 aromatic rings. The minimum Gasteiger partial charge on any atom is -0.366 e. The van der Waals surface area contributed by atoms with Crippen molar-refractivity contribution in [1.82, 2.24) is 10.6 Å². The molecule has 0 spiro atoms. The Balaban J connectivity index is 1.84. The van der Waals surface area contributed by atoms with Crippen molar-refractivity contribution >= 4 is 17.6 Å².